The number of hydrogen-bond donors (Lipinski definition) is 1. The average Bonchev–Trinajstić information content (AvgIpc) is 2.88. The smallest absolute Gasteiger partial charge is 0.260 e. The molecule has 1 N–H and O–H groups in total. The van der Waals surface area contributed by atoms with Gasteiger partial charge in [-0.1, -0.05) is 25.1 Å². The summed E-state index contributed by atoms with van der Waals surface area (Å²) < 4.78 is 0. The molecule has 24 heavy (non-hydrogen) atoms. The van der Waals surface area contributed by atoms with Crippen LogP contribution in [0.3, 0.4) is 0 Å². The van der Waals surface area contributed by atoms with E-state index in [0.29, 0.717) is 11.3 Å². The SMILES string of the molecule is CC[C@@H](C)NC(=O)C[C@H]1c2ncccc2C(=O)N1c1ccccc1. The molecule has 2 atom stereocenters. The Kier molecular flexibility index (Phi) is 4.60. The molecule has 124 valence electrons. The van der Waals surface area contributed by atoms with E-state index < -0.39 is 0 Å². The van der Waals surface area contributed by atoms with Gasteiger partial charge in [0, 0.05) is 17.9 Å². The summed E-state index contributed by atoms with van der Waals surface area (Å²) in [4.78, 5) is 31.3. The van der Waals surface area contributed by atoms with Crippen LogP contribution in [0.4, 0.5) is 5.69 Å². The van der Waals surface area contributed by atoms with Crippen LogP contribution in [0.15, 0.2) is 48.7 Å². The molecule has 1 aliphatic rings. The van der Waals surface area contributed by atoms with E-state index in [1.807, 2.05) is 44.2 Å². The van der Waals surface area contributed by atoms with Gasteiger partial charge in [-0.05, 0) is 37.6 Å². The van der Waals surface area contributed by atoms with Crippen molar-refractivity contribution in [2.75, 3.05) is 4.90 Å². The molecule has 0 bridgehead atoms. The maximum atomic E-state index is 12.8. The number of benzene rings is 1. The minimum atomic E-state index is -0.375. The molecular weight excluding hydrogens is 302 g/mol. The average molecular weight is 323 g/mol. The molecule has 1 aromatic heterocycles. The fourth-order valence-corrected chi connectivity index (χ4v) is 2.94. The van der Waals surface area contributed by atoms with Crippen LogP contribution in [0.5, 0.6) is 0 Å². The maximum absolute atomic E-state index is 12.8. The first kappa shape index (κ1) is 16.2. The lowest BCUT2D eigenvalue weighted by molar-refractivity contribution is -0.122. The Morgan fingerprint density at radius 1 is 1.25 bits per heavy atom. The highest BCUT2D eigenvalue weighted by Gasteiger charge is 2.39. The molecule has 2 heterocycles. The van der Waals surface area contributed by atoms with E-state index in [-0.39, 0.29) is 30.3 Å². The molecular formula is C19H21N3O2. The van der Waals surface area contributed by atoms with Crippen molar-refractivity contribution in [3.05, 3.63) is 59.9 Å². The topological polar surface area (TPSA) is 62.3 Å². The van der Waals surface area contributed by atoms with Crippen molar-refractivity contribution in [2.24, 2.45) is 0 Å². The van der Waals surface area contributed by atoms with E-state index in [9.17, 15) is 9.59 Å². The Morgan fingerprint density at radius 3 is 2.71 bits per heavy atom. The Bertz CT molecular complexity index is 745. The number of aromatic nitrogens is 1. The van der Waals surface area contributed by atoms with Gasteiger partial charge in [-0.25, -0.2) is 0 Å². The Balaban J connectivity index is 1.93. The maximum Gasteiger partial charge on any atom is 0.260 e. The molecule has 0 unspecified atom stereocenters. The highest BCUT2D eigenvalue weighted by Crippen LogP contribution is 2.38. The third-order valence-electron chi connectivity index (χ3n) is 4.35. The standard InChI is InChI=1S/C19H21N3O2/c1-3-13(2)21-17(23)12-16-18-15(10-7-11-20-18)19(24)22(16)14-8-5-4-6-9-14/h4-11,13,16H,3,12H2,1-2H3,(H,21,23)/t13-,16+/m1/s1. The number of para-hydroxylation sites is 1. The Morgan fingerprint density at radius 2 is 2.00 bits per heavy atom. The molecule has 2 aromatic rings. The van der Waals surface area contributed by atoms with E-state index in [2.05, 4.69) is 10.3 Å². The summed E-state index contributed by atoms with van der Waals surface area (Å²) in [6.45, 7) is 4.00. The summed E-state index contributed by atoms with van der Waals surface area (Å²) >= 11 is 0. The van der Waals surface area contributed by atoms with Crippen LogP contribution in [0.2, 0.25) is 0 Å². The molecule has 0 radical (unpaired) electrons. The van der Waals surface area contributed by atoms with Gasteiger partial charge in [-0.3, -0.25) is 19.5 Å². The van der Waals surface area contributed by atoms with Crippen LogP contribution in [0.25, 0.3) is 0 Å². The van der Waals surface area contributed by atoms with Crippen LogP contribution in [0.1, 0.15) is 48.8 Å². The monoisotopic (exact) mass is 323 g/mol. The van der Waals surface area contributed by atoms with E-state index in [1.165, 1.54) is 0 Å². The molecule has 1 aliphatic heterocycles. The zero-order chi connectivity index (χ0) is 17.1. The van der Waals surface area contributed by atoms with Crippen molar-refractivity contribution >= 4 is 17.5 Å². The van der Waals surface area contributed by atoms with Gasteiger partial charge in [0.1, 0.15) is 0 Å². The lowest BCUT2D eigenvalue weighted by Gasteiger charge is -2.25. The van der Waals surface area contributed by atoms with Crippen molar-refractivity contribution in [1.82, 2.24) is 10.3 Å². The molecule has 0 aliphatic carbocycles. The van der Waals surface area contributed by atoms with Gasteiger partial charge in [0.2, 0.25) is 5.91 Å². The quantitative estimate of drug-likeness (QED) is 0.920. The van der Waals surface area contributed by atoms with Crippen LogP contribution >= 0.6 is 0 Å². The molecule has 0 spiro atoms. The van der Waals surface area contributed by atoms with E-state index >= 15 is 0 Å². The number of amides is 2. The molecule has 0 saturated heterocycles. The highest BCUT2D eigenvalue weighted by molar-refractivity contribution is 6.11. The first-order chi connectivity index (χ1) is 11.6. The van der Waals surface area contributed by atoms with Gasteiger partial charge >= 0.3 is 0 Å². The largest absolute Gasteiger partial charge is 0.354 e. The molecule has 5 nitrogen and oxygen atoms in total. The fraction of sp³-hybridized carbons (Fsp3) is 0.316. The van der Waals surface area contributed by atoms with Crippen LogP contribution < -0.4 is 10.2 Å². The predicted molar refractivity (Wildman–Crippen MR) is 92.7 cm³/mol. The second-order valence-corrected chi connectivity index (χ2v) is 6.04. The molecule has 2 amide bonds. The number of carbonyl (C=O) groups excluding carboxylic acids is 2. The normalized spacial score (nSPS) is 17.5. The van der Waals surface area contributed by atoms with E-state index in [0.717, 1.165) is 12.1 Å². The lowest BCUT2D eigenvalue weighted by atomic mass is 10.1. The predicted octanol–water partition coefficient (Wildman–Crippen LogP) is 3.09. The van der Waals surface area contributed by atoms with Crippen LogP contribution in [-0.2, 0) is 4.79 Å². The van der Waals surface area contributed by atoms with Gasteiger partial charge < -0.3 is 5.32 Å². The van der Waals surface area contributed by atoms with Crippen molar-refractivity contribution in [3.8, 4) is 0 Å². The molecule has 3 rings (SSSR count). The summed E-state index contributed by atoms with van der Waals surface area (Å²) in [6, 6.07) is 12.7. The minimum absolute atomic E-state index is 0.0680. The van der Waals surface area contributed by atoms with Crippen molar-refractivity contribution < 1.29 is 9.59 Å². The van der Waals surface area contributed by atoms with Gasteiger partial charge in [0.15, 0.2) is 0 Å². The summed E-state index contributed by atoms with van der Waals surface area (Å²) in [5.74, 6) is -0.174. The van der Waals surface area contributed by atoms with Crippen molar-refractivity contribution in [2.45, 2.75) is 38.8 Å². The fourth-order valence-electron chi connectivity index (χ4n) is 2.94. The number of carbonyl (C=O) groups is 2. The van der Waals surface area contributed by atoms with Gasteiger partial charge in [0.25, 0.3) is 5.91 Å². The van der Waals surface area contributed by atoms with E-state index in [1.54, 1.807) is 23.2 Å². The molecule has 5 heteroatoms. The lowest BCUT2D eigenvalue weighted by Crippen LogP contribution is -2.36. The molecule has 1 aromatic carbocycles. The zero-order valence-electron chi connectivity index (χ0n) is 13.9. The van der Waals surface area contributed by atoms with Crippen molar-refractivity contribution in [1.29, 1.82) is 0 Å². The van der Waals surface area contributed by atoms with Crippen LogP contribution in [-0.4, -0.2) is 22.8 Å². The number of anilines is 1. The van der Waals surface area contributed by atoms with Gasteiger partial charge in [-0.2, -0.15) is 0 Å². The number of fused-ring (bicyclic) bond motifs is 1. The number of pyridine rings is 1. The number of rotatable bonds is 5. The summed E-state index contributed by atoms with van der Waals surface area (Å²) in [5.41, 5.74) is 2.02. The van der Waals surface area contributed by atoms with Crippen LogP contribution in [0, 0.1) is 0 Å². The molecule has 0 saturated carbocycles. The second kappa shape index (κ2) is 6.83. The van der Waals surface area contributed by atoms with Crippen molar-refractivity contribution in [3.63, 3.8) is 0 Å². The first-order valence-corrected chi connectivity index (χ1v) is 8.24. The summed E-state index contributed by atoms with van der Waals surface area (Å²) in [7, 11) is 0. The second-order valence-electron chi connectivity index (χ2n) is 6.04. The number of hydrogen-bond acceptors (Lipinski definition) is 3. The Hall–Kier alpha value is -2.69. The third-order valence-corrected chi connectivity index (χ3v) is 4.35. The first-order valence-electron chi connectivity index (χ1n) is 8.24. The van der Waals surface area contributed by atoms with E-state index in [4.69, 9.17) is 0 Å². The zero-order valence-corrected chi connectivity index (χ0v) is 13.9. The highest BCUT2D eigenvalue weighted by atomic mass is 16.2. The third kappa shape index (κ3) is 3.02. The summed E-state index contributed by atoms with van der Waals surface area (Å²) in [6.07, 6.45) is 2.74. The minimum Gasteiger partial charge on any atom is -0.354 e. The summed E-state index contributed by atoms with van der Waals surface area (Å²) in [5, 5.41) is 2.97. The Labute approximate surface area is 141 Å². The van der Waals surface area contributed by atoms with Gasteiger partial charge in [-0.15, -0.1) is 0 Å². The molecule has 0 fully saturated rings. The van der Waals surface area contributed by atoms with Gasteiger partial charge in [0.05, 0.1) is 23.7 Å². The number of nitrogens with one attached hydrogen (secondary N) is 1. The number of nitrogens with zero attached hydrogens (tertiary/aromatic N) is 2.